The summed E-state index contributed by atoms with van der Waals surface area (Å²) in [4.78, 5) is 11.8. The fourth-order valence-electron chi connectivity index (χ4n) is 2.11. The number of methoxy groups -OCH3 is 1. The van der Waals surface area contributed by atoms with Crippen LogP contribution in [0.2, 0.25) is 0 Å². The Morgan fingerprint density at radius 3 is 2.41 bits per heavy atom. The molecule has 96 valence electrons. The van der Waals surface area contributed by atoms with Gasteiger partial charge in [-0.1, -0.05) is 0 Å². The molecular weight excluding hydrogens is 218 g/mol. The Bertz CT molecular complexity index is 351. The number of rotatable bonds is 6. The summed E-state index contributed by atoms with van der Waals surface area (Å²) < 4.78 is 6.86. The lowest BCUT2D eigenvalue weighted by Crippen LogP contribution is -2.22. The molecule has 0 radical (unpaired) electrons. The van der Waals surface area contributed by atoms with E-state index in [1.54, 1.807) is 0 Å². The Hall–Kier alpha value is -1.29. The molecule has 0 bridgehead atoms. The van der Waals surface area contributed by atoms with Crippen molar-refractivity contribution in [2.45, 2.75) is 39.2 Å². The van der Waals surface area contributed by atoms with Crippen LogP contribution in [0.15, 0.2) is 12.1 Å². The van der Waals surface area contributed by atoms with Crippen LogP contribution >= 0.6 is 0 Å². The Morgan fingerprint density at radius 2 is 1.94 bits per heavy atom. The number of aliphatic hydroxyl groups is 1. The van der Waals surface area contributed by atoms with Crippen LogP contribution in [0, 0.1) is 13.8 Å². The first-order valence-electron chi connectivity index (χ1n) is 5.95. The first-order chi connectivity index (χ1) is 8.11. The summed E-state index contributed by atoms with van der Waals surface area (Å²) in [7, 11) is 1.41. The van der Waals surface area contributed by atoms with Crippen LogP contribution in [0.3, 0.4) is 0 Å². The standard InChI is InChI=1S/C13H21NO3/c1-10-7-8-11(2)14(10)12(13(16)17-3)6-4-5-9-15/h7-8,12,15H,4-6,9H2,1-3H3. The molecule has 0 spiro atoms. The fraction of sp³-hybridized carbons (Fsp3) is 0.615. The van der Waals surface area contributed by atoms with E-state index in [1.807, 2.05) is 30.5 Å². The van der Waals surface area contributed by atoms with E-state index < -0.39 is 0 Å². The summed E-state index contributed by atoms with van der Waals surface area (Å²) >= 11 is 0. The van der Waals surface area contributed by atoms with Crippen molar-refractivity contribution >= 4 is 5.97 Å². The maximum Gasteiger partial charge on any atom is 0.328 e. The number of aromatic nitrogens is 1. The number of unbranched alkanes of at least 4 members (excludes halogenated alkanes) is 1. The van der Waals surface area contributed by atoms with Crippen LogP contribution in [0.1, 0.15) is 36.7 Å². The number of hydrogen-bond acceptors (Lipinski definition) is 3. The molecule has 0 aromatic carbocycles. The van der Waals surface area contributed by atoms with Crippen molar-refractivity contribution in [3.8, 4) is 0 Å². The van der Waals surface area contributed by atoms with Gasteiger partial charge in [-0.05, 0) is 45.2 Å². The van der Waals surface area contributed by atoms with E-state index in [1.165, 1.54) is 7.11 Å². The Kier molecular flexibility index (Phi) is 5.22. The normalized spacial score (nSPS) is 12.5. The van der Waals surface area contributed by atoms with Gasteiger partial charge >= 0.3 is 5.97 Å². The summed E-state index contributed by atoms with van der Waals surface area (Å²) in [6, 6.07) is 3.72. The lowest BCUT2D eigenvalue weighted by atomic mass is 10.1. The Labute approximate surface area is 102 Å². The highest BCUT2D eigenvalue weighted by Crippen LogP contribution is 2.22. The number of nitrogens with zero attached hydrogens (tertiary/aromatic N) is 1. The number of aliphatic hydroxyl groups excluding tert-OH is 1. The molecule has 0 aliphatic heterocycles. The van der Waals surface area contributed by atoms with Crippen molar-refractivity contribution < 1.29 is 14.6 Å². The first kappa shape index (κ1) is 13.8. The molecule has 1 rings (SSSR count). The number of aryl methyl sites for hydroxylation is 2. The van der Waals surface area contributed by atoms with Crippen molar-refractivity contribution in [2.75, 3.05) is 13.7 Å². The van der Waals surface area contributed by atoms with Gasteiger partial charge in [0.25, 0.3) is 0 Å². The second-order valence-electron chi connectivity index (χ2n) is 4.24. The highest BCUT2D eigenvalue weighted by Gasteiger charge is 2.22. The topological polar surface area (TPSA) is 51.5 Å². The molecule has 1 aromatic rings. The molecule has 0 aliphatic rings. The maximum atomic E-state index is 11.8. The minimum atomic E-state index is -0.276. The van der Waals surface area contributed by atoms with Crippen molar-refractivity contribution in [1.82, 2.24) is 4.57 Å². The highest BCUT2D eigenvalue weighted by atomic mass is 16.5. The molecule has 1 aromatic heterocycles. The third-order valence-electron chi connectivity index (χ3n) is 3.00. The molecule has 0 aliphatic carbocycles. The van der Waals surface area contributed by atoms with E-state index in [9.17, 15) is 4.79 Å². The molecule has 0 amide bonds. The van der Waals surface area contributed by atoms with Gasteiger partial charge in [-0.3, -0.25) is 0 Å². The SMILES string of the molecule is COC(=O)C(CCCCO)n1c(C)ccc1C. The van der Waals surface area contributed by atoms with E-state index in [0.29, 0.717) is 12.8 Å². The van der Waals surface area contributed by atoms with E-state index in [0.717, 1.165) is 17.8 Å². The monoisotopic (exact) mass is 239 g/mol. The summed E-state index contributed by atoms with van der Waals surface area (Å²) in [5.74, 6) is -0.217. The zero-order valence-corrected chi connectivity index (χ0v) is 10.8. The molecule has 4 nitrogen and oxygen atoms in total. The molecule has 1 heterocycles. The van der Waals surface area contributed by atoms with Crippen LogP contribution in [-0.2, 0) is 9.53 Å². The molecule has 0 saturated carbocycles. The number of carbonyl (C=O) groups excluding carboxylic acids is 1. The second kappa shape index (κ2) is 6.45. The summed E-state index contributed by atoms with van der Waals surface area (Å²) in [6.07, 6.45) is 2.23. The first-order valence-corrected chi connectivity index (χ1v) is 5.95. The van der Waals surface area contributed by atoms with E-state index >= 15 is 0 Å². The molecule has 4 heteroatoms. The van der Waals surface area contributed by atoms with Gasteiger partial charge in [-0.2, -0.15) is 0 Å². The van der Waals surface area contributed by atoms with E-state index in [-0.39, 0.29) is 18.6 Å². The van der Waals surface area contributed by atoms with Crippen LogP contribution < -0.4 is 0 Å². The average molecular weight is 239 g/mol. The second-order valence-corrected chi connectivity index (χ2v) is 4.24. The van der Waals surface area contributed by atoms with Gasteiger partial charge in [0, 0.05) is 18.0 Å². The fourth-order valence-corrected chi connectivity index (χ4v) is 2.11. The molecule has 0 fully saturated rings. The zero-order chi connectivity index (χ0) is 12.8. The number of carbonyl (C=O) groups is 1. The molecule has 1 N–H and O–H groups in total. The summed E-state index contributed by atoms with van der Waals surface area (Å²) in [5, 5.41) is 8.79. The smallest absolute Gasteiger partial charge is 0.328 e. The third kappa shape index (κ3) is 3.33. The third-order valence-corrected chi connectivity index (χ3v) is 3.00. The van der Waals surface area contributed by atoms with Gasteiger partial charge in [0.05, 0.1) is 7.11 Å². The summed E-state index contributed by atoms with van der Waals surface area (Å²) in [5.41, 5.74) is 2.11. The van der Waals surface area contributed by atoms with Gasteiger partial charge in [0.2, 0.25) is 0 Å². The lowest BCUT2D eigenvalue weighted by Gasteiger charge is -2.20. The lowest BCUT2D eigenvalue weighted by molar-refractivity contribution is -0.145. The maximum absolute atomic E-state index is 11.8. The van der Waals surface area contributed by atoms with Gasteiger partial charge in [-0.25, -0.2) is 4.79 Å². The minimum absolute atomic E-state index is 0.164. The van der Waals surface area contributed by atoms with Crippen LogP contribution in [-0.4, -0.2) is 29.4 Å². The Balaban J connectivity index is 2.86. The number of hydrogen-bond donors (Lipinski definition) is 1. The van der Waals surface area contributed by atoms with Crippen molar-refractivity contribution in [3.05, 3.63) is 23.5 Å². The number of ether oxygens (including phenoxy) is 1. The van der Waals surface area contributed by atoms with Crippen molar-refractivity contribution in [3.63, 3.8) is 0 Å². The number of esters is 1. The zero-order valence-electron chi connectivity index (χ0n) is 10.8. The van der Waals surface area contributed by atoms with E-state index in [2.05, 4.69) is 0 Å². The van der Waals surface area contributed by atoms with Crippen molar-refractivity contribution in [2.24, 2.45) is 0 Å². The van der Waals surface area contributed by atoms with Gasteiger partial charge in [-0.15, -0.1) is 0 Å². The predicted octanol–water partition coefficient (Wildman–Crippen LogP) is 1.98. The van der Waals surface area contributed by atoms with Crippen molar-refractivity contribution in [1.29, 1.82) is 0 Å². The Morgan fingerprint density at radius 1 is 1.35 bits per heavy atom. The van der Waals surface area contributed by atoms with E-state index in [4.69, 9.17) is 9.84 Å². The average Bonchev–Trinajstić information content (AvgIpc) is 2.65. The van der Waals surface area contributed by atoms with Gasteiger partial charge in [0.1, 0.15) is 6.04 Å². The molecular formula is C13H21NO3. The summed E-state index contributed by atoms with van der Waals surface area (Å²) in [6.45, 7) is 4.13. The minimum Gasteiger partial charge on any atom is -0.467 e. The largest absolute Gasteiger partial charge is 0.467 e. The quantitative estimate of drug-likeness (QED) is 0.610. The van der Waals surface area contributed by atoms with Crippen LogP contribution in [0.25, 0.3) is 0 Å². The van der Waals surface area contributed by atoms with Gasteiger partial charge < -0.3 is 14.4 Å². The van der Waals surface area contributed by atoms with Gasteiger partial charge in [0.15, 0.2) is 0 Å². The predicted molar refractivity (Wildman–Crippen MR) is 65.9 cm³/mol. The molecule has 0 saturated heterocycles. The highest BCUT2D eigenvalue weighted by molar-refractivity contribution is 5.74. The van der Waals surface area contributed by atoms with Crippen LogP contribution in [0.4, 0.5) is 0 Å². The molecule has 1 unspecified atom stereocenters. The van der Waals surface area contributed by atoms with Crippen LogP contribution in [0.5, 0.6) is 0 Å². The molecule has 1 atom stereocenters. The molecule has 17 heavy (non-hydrogen) atoms.